The highest BCUT2D eigenvalue weighted by Gasteiger charge is 2.66. The van der Waals surface area contributed by atoms with Gasteiger partial charge in [0.25, 0.3) is 0 Å². The number of rotatable bonds is 1. The van der Waals surface area contributed by atoms with E-state index in [4.69, 9.17) is 16.0 Å². The van der Waals surface area contributed by atoms with Gasteiger partial charge in [0.1, 0.15) is 5.76 Å². The number of benzene rings is 1. The lowest BCUT2D eigenvalue weighted by Crippen LogP contribution is -2.20. The predicted molar refractivity (Wildman–Crippen MR) is 75.5 cm³/mol. The SMILES string of the molecule is O=C1Nc2ccc(Cl)cc2[C@@]12C[C@@H]2c1ccc(Br)o1. The van der Waals surface area contributed by atoms with Crippen molar-refractivity contribution in [3.8, 4) is 0 Å². The molecule has 1 aromatic carbocycles. The van der Waals surface area contributed by atoms with Crippen molar-refractivity contribution in [2.45, 2.75) is 17.8 Å². The van der Waals surface area contributed by atoms with Gasteiger partial charge in [0.15, 0.2) is 4.67 Å². The number of fused-ring (bicyclic) bond motifs is 2. The zero-order valence-electron chi connectivity index (χ0n) is 9.74. The summed E-state index contributed by atoms with van der Waals surface area (Å²) in [6.45, 7) is 0. The predicted octanol–water partition coefficient (Wildman–Crippen LogP) is 4.07. The number of halogens is 2. The van der Waals surface area contributed by atoms with Gasteiger partial charge in [0.2, 0.25) is 5.91 Å². The molecule has 2 heterocycles. The van der Waals surface area contributed by atoms with Crippen LogP contribution in [0.15, 0.2) is 39.4 Å². The van der Waals surface area contributed by atoms with Crippen LogP contribution in [0.2, 0.25) is 5.02 Å². The molecule has 0 bridgehead atoms. The summed E-state index contributed by atoms with van der Waals surface area (Å²) in [5.74, 6) is 0.982. The lowest BCUT2D eigenvalue weighted by molar-refractivity contribution is -0.118. The lowest BCUT2D eigenvalue weighted by atomic mass is 9.94. The number of anilines is 1. The van der Waals surface area contributed by atoms with E-state index in [-0.39, 0.29) is 11.8 Å². The fraction of sp³-hybridized carbons (Fsp3) is 0.214. The summed E-state index contributed by atoms with van der Waals surface area (Å²) in [5.41, 5.74) is 1.36. The van der Waals surface area contributed by atoms with Crippen LogP contribution in [0.25, 0.3) is 0 Å². The van der Waals surface area contributed by atoms with Gasteiger partial charge in [0.05, 0.1) is 5.41 Å². The first-order valence-electron chi connectivity index (χ1n) is 5.98. The van der Waals surface area contributed by atoms with Gasteiger partial charge in [0, 0.05) is 16.6 Å². The average Bonchev–Trinajstić information content (AvgIpc) is 2.90. The van der Waals surface area contributed by atoms with E-state index in [2.05, 4.69) is 21.2 Å². The molecular formula is C14H9BrClNO2. The van der Waals surface area contributed by atoms with Crippen molar-refractivity contribution >= 4 is 39.1 Å². The monoisotopic (exact) mass is 337 g/mol. The molecule has 3 nitrogen and oxygen atoms in total. The third-order valence-corrected chi connectivity index (χ3v) is 4.68. The van der Waals surface area contributed by atoms with E-state index in [9.17, 15) is 4.79 Å². The molecule has 2 atom stereocenters. The van der Waals surface area contributed by atoms with E-state index in [1.54, 1.807) is 6.07 Å². The normalized spacial score (nSPS) is 27.5. The number of hydrogen-bond donors (Lipinski definition) is 1. The number of amides is 1. The highest BCUT2D eigenvalue weighted by molar-refractivity contribution is 9.10. The molecule has 4 rings (SSSR count). The Balaban J connectivity index is 1.82. The fourth-order valence-electron chi connectivity index (χ4n) is 3.02. The summed E-state index contributed by atoms with van der Waals surface area (Å²) in [5, 5.41) is 3.59. The first kappa shape index (κ1) is 11.6. The van der Waals surface area contributed by atoms with Gasteiger partial charge >= 0.3 is 0 Å². The minimum atomic E-state index is -0.489. The second kappa shape index (κ2) is 3.64. The van der Waals surface area contributed by atoms with Crippen LogP contribution in [0.3, 0.4) is 0 Å². The van der Waals surface area contributed by atoms with Gasteiger partial charge in [-0.1, -0.05) is 11.6 Å². The van der Waals surface area contributed by atoms with Crippen LogP contribution in [0.1, 0.15) is 23.7 Å². The van der Waals surface area contributed by atoms with Gasteiger partial charge in [-0.2, -0.15) is 0 Å². The molecule has 96 valence electrons. The highest BCUT2D eigenvalue weighted by Crippen LogP contribution is 2.65. The molecule has 0 unspecified atom stereocenters. The van der Waals surface area contributed by atoms with Crippen molar-refractivity contribution in [3.05, 3.63) is 51.3 Å². The van der Waals surface area contributed by atoms with E-state index < -0.39 is 5.41 Å². The summed E-state index contributed by atoms with van der Waals surface area (Å²) in [6.07, 6.45) is 0.770. The lowest BCUT2D eigenvalue weighted by Gasteiger charge is -2.07. The first-order valence-corrected chi connectivity index (χ1v) is 7.15. The molecule has 2 aromatic rings. The third kappa shape index (κ3) is 1.47. The second-order valence-electron chi connectivity index (χ2n) is 5.01. The Kier molecular flexibility index (Phi) is 2.22. The Morgan fingerprint density at radius 1 is 1.37 bits per heavy atom. The quantitative estimate of drug-likeness (QED) is 0.851. The van der Waals surface area contributed by atoms with Crippen molar-refractivity contribution in [1.29, 1.82) is 0 Å². The van der Waals surface area contributed by atoms with Gasteiger partial charge < -0.3 is 9.73 Å². The Morgan fingerprint density at radius 2 is 2.21 bits per heavy atom. The maximum absolute atomic E-state index is 12.3. The minimum Gasteiger partial charge on any atom is -0.454 e. The Hall–Kier alpha value is -1.26. The fourth-order valence-corrected chi connectivity index (χ4v) is 3.51. The summed E-state index contributed by atoms with van der Waals surface area (Å²) in [7, 11) is 0. The Morgan fingerprint density at radius 3 is 2.95 bits per heavy atom. The van der Waals surface area contributed by atoms with Crippen molar-refractivity contribution in [3.63, 3.8) is 0 Å². The molecular weight excluding hydrogens is 330 g/mol. The molecule has 19 heavy (non-hydrogen) atoms. The van der Waals surface area contributed by atoms with Crippen LogP contribution in [0.5, 0.6) is 0 Å². The number of hydrogen-bond acceptors (Lipinski definition) is 2. The molecule has 5 heteroatoms. The largest absolute Gasteiger partial charge is 0.454 e. The molecule has 0 radical (unpaired) electrons. The maximum atomic E-state index is 12.3. The molecule has 1 aromatic heterocycles. The topological polar surface area (TPSA) is 42.2 Å². The van der Waals surface area contributed by atoms with E-state index in [0.717, 1.165) is 23.4 Å². The summed E-state index contributed by atoms with van der Waals surface area (Å²) in [6, 6.07) is 9.30. The number of carbonyl (C=O) groups excluding carboxylic acids is 1. The third-order valence-electron chi connectivity index (χ3n) is 4.01. The van der Waals surface area contributed by atoms with Crippen LogP contribution in [-0.2, 0) is 10.2 Å². The number of furan rings is 1. The van der Waals surface area contributed by atoms with E-state index in [0.29, 0.717) is 9.69 Å². The molecule has 1 spiro atoms. The van der Waals surface area contributed by atoms with Crippen molar-refractivity contribution < 1.29 is 9.21 Å². The van der Waals surface area contributed by atoms with Crippen LogP contribution in [0, 0.1) is 0 Å². The molecule has 0 saturated heterocycles. The Labute approximate surface area is 123 Å². The molecule has 1 aliphatic heterocycles. The van der Waals surface area contributed by atoms with Crippen LogP contribution >= 0.6 is 27.5 Å². The second-order valence-corrected chi connectivity index (χ2v) is 6.23. The van der Waals surface area contributed by atoms with Gasteiger partial charge in [-0.05, 0) is 58.2 Å². The highest BCUT2D eigenvalue weighted by atomic mass is 79.9. The van der Waals surface area contributed by atoms with Crippen LogP contribution < -0.4 is 5.32 Å². The van der Waals surface area contributed by atoms with E-state index in [1.165, 1.54) is 0 Å². The average molecular weight is 339 g/mol. The van der Waals surface area contributed by atoms with Crippen molar-refractivity contribution in [2.75, 3.05) is 5.32 Å². The van der Waals surface area contributed by atoms with E-state index >= 15 is 0 Å². The molecule has 1 fully saturated rings. The molecule has 1 aliphatic carbocycles. The standard InChI is InChI=1S/C14H9BrClNO2/c15-12-4-3-11(19-12)9-6-14(9)8-5-7(16)1-2-10(8)17-13(14)18/h1-5,9H,6H2,(H,17,18)/t9-,14-/m1/s1. The number of nitrogens with one attached hydrogen (secondary N) is 1. The Bertz CT molecular complexity index is 711. The molecule has 2 aliphatic rings. The first-order chi connectivity index (χ1) is 9.11. The zero-order valence-corrected chi connectivity index (χ0v) is 12.1. The molecule has 1 saturated carbocycles. The minimum absolute atomic E-state index is 0.0438. The number of carbonyl (C=O) groups is 1. The van der Waals surface area contributed by atoms with Crippen LogP contribution in [-0.4, -0.2) is 5.91 Å². The van der Waals surface area contributed by atoms with Gasteiger partial charge in [-0.25, -0.2) is 0 Å². The smallest absolute Gasteiger partial charge is 0.235 e. The molecule has 1 amide bonds. The van der Waals surface area contributed by atoms with Gasteiger partial charge in [-0.3, -0.25) is 4.79 Å². The van der Waals surface area contributed by atoms with E-state index in [1.807, 2.05) is 24.3 Å². The summed E-state index contributed by atoms with van der Waals surface area (Å²) < 4.78 is 6.28. The maximum Gasteiger partial charge on any atom is 0.235 e. The van der Waals surface area contributed by atoms with Crippen LogP contribution in [0.4, 0.5) is 5.69 Å². The zero-order chi connectivity index (χ0) is 13.2. The summed E-state index contributed by atoms with van der Waals surface area (Å²) in [4.78, 5) is 12.3. The van der Waals surface area contributed by atoms with Crippen molar-refractivity contribution in [2.24, 2.45) is 0 Å². The van der Waals surface area contributed by atoms with Gasteiger partial charge in [-0.15, -0.1) is 0 Å². The van der Waals surface area contributed by atoms with Crippen molar-refractivity contribution in [1.82, 2.24) is 0 Å². The summed E-state index contributed by atoms with van der Waals surface area (Å²) >= 11 is 9.35. The molecule has 1 N–H and O–H groups in total.